The summed E-state index contributed by atoms with van der Waals surface area (Å²) in [4.78, 5) is 4.71. The summed E-state index contributed by atoms with van der Waals surface area (Å²) in [5, 5.41) is 0. The van der Waals surface area contributed by atoms with Crippen LogP contribution in [0.25, 0.3) is 0 Å². The Hall–Kier alpha value is -0.530. The molecule has 0 saturated heterocycles. The first kappa shape index (κ1) is 10.0. The Bertz CT molecular complexity index is 230. The van der Waals surface area contributed by atoms with Crippen molar-refractivity contribution in [2.75, 3.05) is 0 Å². The van der Waals surface area contributed by atoms with Crippen LogP contribution in [0.4, 0.5) is 0 Å². The second-order valence-corrected chi connectivity index (χ2v) is 5.29. The summed E-state index contributed by atoms with van der Waals surface area (Å²) in [6.07, 6.45) is 6.44. The SMILES string of the molecule is CC1CCC(N=C(N)C2CC2)C(C)C1. The predicted octanol–water partition coefficient (Wildman–Crippen LogP) is 2.58. The second-order valence-electron chi connectivity index (χ2n) is 5.29. The van der Waals surface area contributed by atoms with E-state index in [2.05, 4.69) is 13.8 Å². The van der Waals surface area contributed by atoms with Crippen molar-refractivity contribution in [1.82, 2.24) is 0 Å². The molecule has 2 rings (SSSR count). The highest BCUT2D eigenvalue weighted by Crippen LogP contribution is 2.33. The average molecular weight is 194 g/mol. The Morgan fingerprint density at radius 2 is 1.86 bits per heavy atom. The molecule has 2 N–H and O–H groups in total. The van der Waals surface area contributed by atoms with Gasteiger partial charge in [0.2, 0.25) is 0 Å². The summed E-state index contributed by atoms with van der Waals surface area (Å²) >= 11 is 0. The van der Waals surface area contributed by atoms with Gasteiger partial charge in [0.05, 0.1) is 11.9 Å². The van der Waals surface area contributed by atoms with Gasteiger partial charge in [-0.2, -0.15) is 0 Å². The molecular weight excluding hydrogens is 172 g/mol. The van der Waals surface area contributed by atoms with Crippen LogP contribution in [-0.2, 0) is 0 Å². The molecule has 0 aromatic carbocycles. The molecule has 2 aliphatic carbocycles. The number of hydrogen-bond acceptors (Lipinski definition) is 1. The number of amidine groups is 1. The predicted molar refractivity (Wildman–Crippen MR) is 60.3 cm³/mol. The summed E-state index contributed by atoms with van der Waals surface area (Å²) < 4.78 is 0. The van der Waals surface area contributed by atoms with Gasteiger partial charge in [-0.05, 0) is 43.9 Å². The Labute approximate surface area is 87.0 Å². The van der Waals surface area contributed by atoms with Gasteiger partial charge in [-0.3, -0.25) is 4.99 Å². The normalized spacial score (nSPS) is 39.9. The van der Waals surface area contributed by atoms with Gasteiger partial charge >= 0.3 is 0 Å². The van der Waals surface area contributed by atoms with Crippen molar-refractivity contribution in [3.05, 3.63) is 0 Å². The van der Waals surface area contributed by atoms with Gasteiger partial charge in [0, 0.05) is 5.92 Å². The van der Waals surface area contributed by atoms with Gasteiger partial charge in [-0.15, -0.1) is 0 Å². The minimum Gasteiger partial charge on any atom is -0.387 e. The van der Waals surface area contributed by atoms with Gasteiger partial charge < -0.3 is 5.73 Å². The molecule has 0 amide bonds. The lowest BCUT2D eigenvalue weighted by atomic mass is 9.80. The molecule has 80 valence electrons. The van der Waals surface area contributed by atoms with Crippen LogP contribution >= 0.6 is 0 Å². The minimum atomic E-state index is 0.520. The molecule has 0 aromatic rings. The van der Waals surface area contributed by atoms with Crippen molar-refractivity contribution < 1.29 is 0 Å². The zero-order valence-electron chi connectivity index (χ0n) is 9.37. The van der Waals surface area contributed by atoms with E-state index in [1.54, 1.807) is 0 Å². The first-order valence-corrected chi connectivity index (χ1v) is 6.00. The van der Waals surface area contributed by atoms with E-state index < -0.39 is 0 Å². The standard InChI is InChI=1S/C12H22N2/c1-8-3-6-11(9(2)7-8)14-12(13)10-4-5-10/h8-11H,3-7H2,1-2H3,(H2,13,14). The van der Waals surface area contributed by atoms with E-state index in [1.165, 1.54) is 32.1 Å². The maximum atomic E-state index is 5.96. The molecular formula is C12H22N2. The lowest BCUT2D eigenvalue weighted by Crippen LogP contribution is -2.28. The lowest BCUT2D eigenvalue weighted by Gasteiger charge is -2.30. The summed E-state index contributed by atoms with van der Waals surface area (Å²) in [5.74, 6) is 3.20. The van der Waals surface area contributed by atoms with Crippen LogP contribution in [0.5, 0.6) is 0 Å². The molecule has 2 heteroatoms. The van der Waals surface area contributed by atoms with Crippen LogP contribution in [0.15, 0.2) is 4.99 Å². The molecule has 14 heavy (non-hydrogen) atoms. The molecule has 0 bridgehead atoms. The van der Waals surface area contributed by atoms with Crippen molar-refractivity contribution >= 4 is 5.84 Å². The zero-order chi connectivity index (χ0) is 10.1. The van der Waals surface area contributed by atoms with Gasteiger partial charge in [0.1, 0.15) is 0 Å². The fourth-order valence-electron chi connectivity index (χ4n) is 2.52. The Morgan fingerprint density at radius 1 is 1.14 bits per heavy atom. The van der Waals surface area contributed by atoms with E-state index in [1.807, 2.05) is 0 Å². The smallest absolute Gasteiger partial charge is 0.0971 e. The lowest BCUT2D eigenvalue weighted by molar-refractivity contribution is 0.264. The molecule has 0 aromatic heterocycles. The molecule has 2 saturated carbocycles. The number of aliphatic imine (C=N–C) groups is 1. The fraction of sp³-hybridized carbons (Fsp3) is 0.917. The zero-order valence-corrected chi connectivity index (χ0v) is 9.37. The first-order chi connectivity index (χ1) is 6.66. The molecule has 0 aliphatic heterocycles. The molecule has 2 fully saturated rings. The van der Waals surface area contributed by atoms with Crippen molar-refractivity contribution in [3.8, 4) is 0 Å². The van der Waals surface area contributed by atoms with Crippen molar-refractivity contribution in [1.29, 1.82) is 0 Å². The van der Waals surface area contributed by atoms with E-state index in [9.17, 15) is 0 Å². The number of nitrogens with two attached hydrogens (primary N) is 1. The van der Waals surface area contributed by atoms with Crippen LogP contribution in [-0.4, -0.2) is 11.9 Å². The van der Waals surface area contributed by atoms with Crippen molar-refractivity contribution in [2.24, 2.45) is 28.5 Å². The van der Waals surface area contributed by atoms with E-state index in [4.69, 9.17) is 10.7 Å². The van der Waals surface area contributed by atoms with Crippen LogP contribution in [0.1, 0.15) is 46.0 Å². The van der Waals surface area contributed by atoms with Crippen molar-refractivity contribution in [2.45, 2.75) is 52.0 Å². The Balaban J connectivity index is 1.93. The minimum absolute atomic E-state index is 0.520. The largest absolute Gasteiger partial charge is 0.387 e. The van der Waals surface area contributed by atoms with E-state index in [0.29, 0.717) is 12.0 Å². The highest BCUT2D eigenvalue weighted by atomic mass is 14.9. The van der Waals surface area contributed by atoms with E-state index in [0.717, 1.165) is 17.7 Å². The monoisotopic (exact) mass is 194 g/mol. The highest BCUT2D eigenvalue weighted by Gasteiger charge is 2.29. The number of nitrogens with zero attached hydrogens (tertiary/aromatic N) is 1. The molecule has 3 atom stereocenters. The second kappa shape index (κ2) is 3.92. The third kappa shape index (κ3) is 2.28. The summed E-state index contributed by atoms with van der Waals surface area (Å²) in [6, 6.07) is 0.520. The number of hydrogen-bond donors (Lipinski definition) is 1. The van der Waals surface area contributed by atoms with Crippen LogP contribution in [0.3, 0.4) is 0 Å². The molecule has 3 unspecified atom stereocenters. The quantitative estimate of drug-likeness (QED) is 0.532. The van der Waals surface area contributed by atoms with Crippen LogP contribution in [0, 0.1) is 17.8 Å². The first-order valence-electron chi connectivity index (χ1n) is 6.00. The molecule has 2 aliphatic rings. The molecule has 0 radical (unpaired) electrons. The topological polar surface area (TPSA) is 38.4 Å². The van der Waals surface area contributed by atoms with E-state index >= 15 is 0 Å². The maximum absolute atomic E-state index is 5.96. The number of rotatable bonds is 2. The van der Waals surface area contributed by atoms with Crippen LogP contribution in [0.2, 0.25) is 0 Å². The van der Waals surface area contributed by atoms with Gasteiger partial charge in [0.15, 0.2) is 0 Å². The van der Waals surface area contributed by atoms with Crippen molar-refractivity contribution in [3.63, 3.8) is 0 Å². The summed E-state index contributed by atoms with van der Waals surface area (Å²) in [5.41, 5.74) is 5.96. The fourth-order valence-corrected chi connectivity index (χ4v) is 2.52. The van der Waals surface area contributed by atoms with Crippen LogP contribution < -0.4 is 5.73 Å². The third-order valence-corrected chi connectivity index (χ3v) is 3.70. The highest BCUT2D eigenvalue weighted by molar-refractivity contribution is 5.85. The van der Waals surface area contributed by atoms with Gasteiger partial charge in [-0.25, -0.2) is 0 Å². The summed E-state index contributed by atoms with van der Waals surface area (Å²) in [7, 11) is 0. The molecule has 0 spiro atoms. The summed E-state index contributed by atoms with van der Waals surface area (Å²) in [6.45, 7) is 4.67. The van der Waals surface area contributed by atoms with Gasteiger partial charge in [-0.1, -0.05) is 13.8 Å². The Kier molecular flexibility index (Phi) is 2.80. The third-order valence-electron chi connectivity index (χ3n) is 3.70. The average Bonchev–Trinajstić information content (AvgIpc) is 2.92. The Morgan fingerprint density at radius 3 is 2.43 bits per heavy atom. The molecule has 0 heterocycles. The van der Waals surface area contributed by atoms with E-state index in [-0.39, 0.29) is 0 Å². The maximum Gasteiger partial charge on any atom is 0.0971 e. The van der Waals surface area contributed by atoms with Gasteiger partial charge in [0.25, 0.3) is 0 Å². The molecule has 2 nitrogen and oxygen atoms in total.